The number of nitrogens with zero attached hydrogens (tertiary/aromatic N) is 1. The fourth-order valence-electron chi connectivity index (χ4n) is 2.67. The third-order valence-corrected chi connectivity index (χ3v) is 3.82. The van der Waals surface area contributed by atoms with Crippen LogP contribution in [0.2, 0.25) is 0 Å². The van der Waals surface area contributed by atoms with Crippen LogP contribution < -0.4 is 11.1 Å². The Labute approximate surface area is 125 Å². The number of amides is 2. The molecule has 0 spiro atoms. The topological polar surface area (TPSA) is 75.4 Å². The lowest BCUT2D eigenvalue weighted by Crippen LogP contribution is -2.44. The number of likely N-dealkylation sites (tertiary alicyclic amines) is 1. The summed E-state index contributed by atoms with van der Waals surface area (Å²) in [5.41, 5.74) is 6.10. The molecule has 0 aliphatic carbocycles. The molecule has 21 heavy (non-hydrogen) atoms. The highest BCUT2D eigenvalue weighted by atomic mass is 16.2. The van der Waals surface area contributed by atoms with E-state index >= 15 is 0 Å². The molecule has 5 nitrogen and oxygen atoms in total. The molecular formula is C16H23N3O2. The lowest BCUT2D eigenvalue weighted by Gasteiger charge is -2.33. The van der Waals surface area contributed by atoms with Gasteiger partial charge in [-0.15, -0.1) is 0 Å². The Morgan fingerprint density at radius 2 is 2.05 bits per heavy atom. The number of hydrogen-bond donors (Lipinski definition) is 2. The summed E-state index contributed by atoms with van der Waals surface area (Å²) in [7, 11) is 0. The van der Waals surface area contributed by atoms with Gasteiger partial charge in [-0.2, -0.15) is 0 Å². The Morgan fingerprint density at radius 3 is 2.76 bits per heavy atom. The van der Waals surface area contributed by atoms with Crippen LogP contribution in [0, 0.1) is 5.92 Å². The maximum atomic E-state index is 12.0. The van der Waals surface area contributed by atoms with Gasteiger partial charge in [-0.05, 0) is 30.9 Å². The molecule has 5 heteroatoms. The van der Waals surface area contributed by atoms with Crippen molar-refractivity contribution < 1.29 is 9.59 Å². The van der Waals surface area contributed by atoms with E-state index in [0.29, 0.717) is 37.5 Å². The van der Waals surface area contributed by atoms with Crippen molar-refractivity contribution in [2.24, 2.45) is 11.7 Å². The van der Waals surface area contributed by atoms with Crippen molar-refractivity contribution in [2.75, 3.05) is 26.2 Å². The van der Waals surface area contributed by atoms with Gasteiger partial charge < -0.3 is 16.0 Å². The van der Waals surface area contributed by atoms with E-state index in [0.717, 1.165) is 19.4 Å². The third-order valence-electron chi connectivity index (χ3n) is 3.82. The van der Waals surface area contributed by atoms with Crippen molar-refractivity contribution in [1.29, 1.82) is 0 Å². The minimum atomic E-state index is -0.0546. The smallest absolute Gasteiger partial charge is 0.251 e. The van der Waals surface area contributed by atoms with Gasteiger partial charge in [0, 0.05) is 38.2 Å². The molecule has 1 atom stereocenters. The zero-order valence-electron chi connectivity index (χ0n) is 12.3. The highest BCUT2D eigenvalue weighted by molar-refractivity contribution is 5.94. The number of piperidine rings is 1. The maximum Gasteiger partial charge on any atom is 0.251 e. The van der Waals surface area contributed by atoms with Gasteiger partial charge in [0.1, 0.15) is 0 Å². The molecule has 0 aromatic heterocycles. The van der Waals surface area contributed by atoms with Crippen molar-refractivity contribution in [3.63, 3.8) is 0 Å². The Kier molecular flexibility index (Phi) is 5.75. The van der Waals surface area contributed by atoms with E-state index in [1.54, 1.807) is 12.1 Å². The number of carbonyl (C=O) groups is 2. The summed E-state index contributed by atoms with van der Waals surface area (Å²) in [6, 6.07) is 9.19. The first kappa shape index (κ1) is 15.5. The number of carbonyl (C=O) groups excluding carboxylic acids is 2. The Balaban J connectivity index is 1.80. The van der Waals surface area contributed by atoms with E-state index in [2.05, 4.69) is 5.32 Å². The van der Waals surface area contributed by atoms with Crippen molar-refractivity contribution in [1.82, 2.24) is 10.2 Å². The summed E-state index contributed by atoms with van der Waals surface area (Å²) in [4.78, 5) is 25.7. The van der Waals surface area contributed by atoms with Crippen LogP contribution in [0.1, 0.15) is 29.6 Å². The van der Waals surface area contributed by atoms with Crippen LogP contribution in [0.25, 0.3) is 0 Å². The van der Waals surface area contributed by atoms with E-state index in [1.165, 1.54) is 0 Å². The van der Waals surface area contributed by atoms with Crippen LogP contribution in [0.3, 0.4) is 0 Å². The van der Waals surface area contributed by atoms with Gasteiger partial charge >= 0.3 is 0 Å². The molecule has 3 N–H and O–H groups in total. The second-order valence-corrected chi connectivity index (χ2v) is 5.46. The predicted octanol–water partition coefficient (Wildman–Crippen LogP) is 1.00. The van der Waals surface area contributed by atoms with Crippen LogP contribution in [-0.2, 0) is 4.79 Å². The van der Waals surface area contributed by atoms with Gasteiger partial charge in [-0.3, -0.25) is 9.59 Å². The van der Waals surface area contributed by atoms with E-state index < -0.39 is 0 Å². The first-order chi connectivity index (χ1) is 10.2. The summed E-state index contributed by atoms with van der Waals surface area (Å²) in [5, 5.41) is 2.96. The van der Waals surface area contributed by atoms with Gasteiger partial charge in [0.05, 0.1) is 0 Å². The van der Waals surface area contributed by atoms with Crippen molar-refractivity contribution in [2.45, 2.75) is 19.3 Å². The summed E-state index contributed by atoms with van der Waals surface area (Å²) in [6.07, 6.45) is 2.44. The molecule has 1 fully saturated rings. The normalized spacial score (nSPS) is 18.3. The number of hydrogen-bond acceptors (Lipinski definition) is 3. The first-order valence-electron chi connectivity index (χ1n) is 7.52. The lowest BCUT2D eigenvalue weighted by molar-refractivity contribution is -0.132. The van der Waals surface area contributed by atoms with Crippen LogP contribution in [0.5, 0.6) is 0 Å². The number of nitrogens with one attached hydrogen (secondary N) is 1. The standard InChI is InChI=1S/C16H23N3O2/c17-9-8-15(20)19-10-4-5-13(12-19)11-18-16(21)14-6-2-1-3-7-14/h1-3,6-7,13H,4-5,8-12,17H2,(H,18,21). The molecule has 1 aromatic rings. The van der Waals surface area contributed by atoms with Gasteiger partial charge in [0.15, 0.2) is 0 Å². The fourth-order valence-corrected chi connectivity index (χ4v) is 2.67. The fraction of sp³-hybridized carbons (Fsp3) is 0.500. The zero-order valence-corrected chi connectivity index (χ0v) is 12.3. The van der Waals surface area contributed by atoms with Gasteiger partial charge in [0.2, 0.25) is 5.91 Å². The largest absolute Gasteiger partial charge is 0.352 e. The number of benzene rings is 1. The number of nitrogens with two attached hydrogens (primary N) is 1. The molecule has 1 aromatic carbocycles. The lowest BCUT2D eigenvalue weighted by atomic mass is 9.97. The highest BCUT2D eigenvalue weighted by Gasteiger charge is 2.23. The van der Waals surface area contributed by atoms with Gasteiger partial charge in [-0.25, -0.2) is 0 Å². The summed E-state index contributed by atoms with van der Waals surface area (Å²) >= 11 is 0. The van der Waals surface area contributed by atoms with Gasteiger partial charge in [0.25, 0.3) is 5.91 Å². The molecule has 0 radical (unpaired) electrons. The first-order valence-corrected chi connectivity index (χ1v) is 7.52. The van der Waals surface area contributed by atoms with Crippen LogP contribution in [0.15, 0.2) is 30.3 Å². The average molecular weight is 289 g/mol. The van der Waals surface area contributed by atoms with Crippen LogP contribution in [-0.4, -0.2) is 42.9 Å². The van der Waals surface area contributed by atoms with E-state index in [9.17, 15) is 9.59 Å². The minimum absolute atomic E-state index is 0.0546. The Hall–Kier alpha value is -1.88. The second kappa shape index (κ2) is 7.78. The summed E-state index contributed by atoms with van der Waals surface area (Å²) < 4.78 is 0. The molecule has 1 unspecified atom stereocenters. The molecule has 2 rings (SSSR count). The zero-order chi connectivity index (χ0) is 15.1. The van der Waals surface area contributed by atoms with E-state index in [4.69, 9.17) is 5.73 Å². The van der Waals surface area contributed by atoms with Crippen molar-refractivity contribution >= 4 is 11.8 Å². The van der Waals surface area contributed by atoms with E-state index in [1.807, 2.05) is 23.1 Å². The maximum absolute atomic E-state index is 12.0. The summed E-state index contributed by atoms with van der Waals surface area (Å²) in [6.45, 7) is 2.53. The third kappa shape index (κ3) is 4.56. The molecule has 1 aliphatic rings. The van der Waals surface area contributed by atoms with Crippen LogP contribution >= 0.6 is 0 Å². The molecule has 2 amide bonds. The second-order valence-electron chi connectivity index (χ2n) is 5.46. The molecule has 1 heterocycles. The minimum Gasteiger partial charge on any atom is -0.352 e. The van der Waals surface area contributed by atoms with Crippen LogP contribution in [0.4, 0.5) is 0 Å². The Morgan fingerprint density at radius 1 is 1.29 bits per heavy atom. The highest BCUT2D eigenvalue weighted by Crippen LogP contribution is 2.16. The van der Waals surface area contributed by atoms with Crippen molar-refractivity contribution in [3.05, 3.63) is 35.9 Å². The monoisotopic (exact) mass is 289 g/mol. The molecule has 0 bridgehead atoms. The molecular weight excluding hydrogens is 266 g/mol. The van der Waals surface area contributed by atoms with Gasteiger partial charge in [-0.1, -0.05) is 18.2 Å². The molecule has 1 aliphatic heterocycles. The summed E-state index contributed by atoms with van der Waals surface area (Å²) in [5.74, 6) is 0.394. The Bertz CT molecular complexity index is 476. The average Bonchev–Trinajstić information content (AvgIpc) is 2.54. The quantitative estimate of drug-likeness (QED) is 0.849. The van der Waals surface area contributed by atoms with E-state index in [-0.39, 0.29) is 11.8 Å². The SMILES string of the molecule is NCCC(=O)N1CCCC(CNC(=O)c2ccccc2)C1. The number of rotatable bonds is 5. The molecule has 114 valence electrons. The predicted molar refractivity (Wildman–Crippen MR) is 81.8 cm³/mol. The molecule has 0 saturated carbocycles. The van der Waals surface area contributed by atoms with Crippen molar-refractivity contribution in [3.8, 4) is 0 Å². The molecule has 1 saturated heterocycles.